The quantitative estimate of drug-likeness (QED) is 0.794. The van der Waals surface area contributed by atoms with Crippen LogP contribution in [0, 0.1) is 0 Å². The first-order chi connectivity index (χ1) is 9.04. The van der Waals surface area contributed by atoms with Crippen molar-refractivity contribution in [2.45, 2.75) is 39.3 Å². The molecule has 19 heavy (non-hydrogen) atoms. The predicted octanol–water partition coefficient (Wildman–Crippen LogP) is 2.26. The van der Waals surface area contributed by atoms with Gasteiger partial charge in [0.2, 0.25) is 5.91 Å². The van der Waals surface area contributed by atoms with Crippen molar-refractivity contribution in [3.63, 3.8) is 0 Å². The van der Waals surface area contributed by atoms with Crippen molar-refractivity contribution in [1.29, 1.82) is 0 Å². The fraction of sp³-hybridized carbons (Fsp3) is 0.533. The maximum Gasteiger partial charge on any atom is 0.223 e. The van der Waals surface area contributed by atoms with E-state index in [1.165, 1.54) is 0 Å². The smallest absolute Gasteiger partial charge is 0.223 e. The molecule has 0 saturated carbocycles. The molecule has 0 fully saturated rings. The van der Waals surface area contributed by atoms with Gasteiger partial charge in [0.05, 0.1) is 13.0 Å². The lowest BCUT2D eigenvalue weighted by molar-refractivity contribution is -0.122. The topological polar surface area (TPSA) is 50.4 Å². The van der Waals surface area contributed by atoms with Gasteiger partial charge in [0.25, 0.3) is 0 Å². The number of nitrogens with one attached hydrogen (secondary N) is 2. The molecule has 0 aliphatic heterocycles. The van der Waals surface area contributed by atoms with E-state index in [1.807, 2.05) is 45.2 Å². The minimum Gasteiger partial charge on any atom is -0.493 e. The molecule has 0 aromatic heterocycles. The summed E-state index contributed by atoms with van der Waals surface area (Å²) >= 11 is 0. The maximum absolute atomic E-state index is 11.5. The number of ether oxygens (including phenoxy) is 1. The summed E-state index contributed by atoms with van der Waals surface area (Å²) in [4.78, 5) is 11.5. The molecule has 1 unspecified atom stereocenters. The molecule has 0 bridgehead atoms. The third-order valence-electron chi connectivity index (χ3n) is 2.85. The van der Waals surface area contributed by atoms with Crippen molar-refractivity contribution in [2.75, 3.05) is 13.7 Å². The Bertz CT molecular complexity index is 405. The van der Waals surface area contributed by atoms with Crippen LogP contribution in [0.4, 0.5) is 0 Å². The normalized spacial score (nSPS) is 12.3. The van der Waals surface area contributed by atoms with Crippen LogP contribution in [0.15, 0.2) is 24.3 Å². The van der Waals surface area contributed by atoms with Gasteiger partial charge in [-0.3, -0.25) is 4.79 Å². The summed E-state index contributed by atoms with van der Waals surface area (Å²) in [5.74, 6) is 0.857. The van der Waals surface area contributed by atoms with Gasteiger partial charge >= 0.3 is 0 Å². The highest BCUT2D eigenvalue weighted by molar-refractivity contribution is 5.76. The van der Waals surface area contributed by atoms with Gasteiger partial charge < -0.3 is 15.4 Å². The lowest BCUT2D eigenvalue weighted by Crippen LogP contribution is -2.31. The number of amides is 1. The van der Waals surface area contributed by atoms with Crippen LogP contribution in [-0.2, 0) is 4.79 Å². The first kappa shape index (κ1) is 15.5. The zero-order valence-corrected chi connectivity index (χ0v) is 12.2. The molecule has 0 spiro atoms. The van der Waals surface area contributed by atoms with Crippen LogP contribution < -0.4 is 15.4 Å². The minimum absolute atomic E-state index is 0.0224. The zero-order chi connectivity index (χ0) is 14.3. The molecule has 0 saturated heterocycles. The Kier molecular flexibility index (Phi) is 6.36. The summed E-state index contributed by atoms with van der Waals surface area (Å²) in [6.45, 7) is 6.37. The number of para-hydroxylation sites is 1. The summed E-state index contributed by atoms with van der Waals surface area (Å²) in [6, 6.07) is 8.29. The molecule has 1 aromatic rings. The van der Waals surface area contributed by atoms with E-state index in [1.54, 1.807) is 0 Å². The van der Waals surface area contributed by atoms with Gasteiger partial charge in [0, 0.05) is 17.6 Å². The third-order valence-corrected chi connectivity index (χ3v) is 2.85. The fourth-order valence-corrected chi connectivity index (χ4v) is 1.77. The molecule has 0 heterocycles. The molecule has 0 aliphatic carbocycles. The molecule has 0 radical (unpaired) electrons. The van der Waals surface area contributed by atoms with Crippen molar-refractivity contribution >= 4 is 5.91 Å². The Balaban J connectivity index is 2.51. The Labute approximate surface area is 115 Å². The Morgan fingerprint density at radius 1 is 1.26 bits per heavy atom. The first-order valence-electron chi connectivity index (χ1n) is 6.73. The second kappa shape index (κ2) is 7.79. The number of rotatable bonds is 7. The average Bonchev–Trinajstić information content (AvgIpc) is 2.37. The average molecular weight is 264 g/mol. The minimum atomic E-state index is 0.0224. The molecule has 1 atom stereocenters. The Hall–Kier alpha value is -1.55. The van der Waals surface area contributed by atoms with Crippen LogP contribution in [0.1, 0.15) is 38.8 Å². The summed E-state index contributed by atoms with van der Waals surface area (Å²) in [6.07, 6.45) is 0.375. The monoisotopic (exact) mass is 264 g/mol. The van der Waals surface area contributed by atoms with Gasteiger partial charge in [0.1, 0.15) is 5.75 Å². The molecule has 2 N–H and O–H groups in total. The molecule has 106 valence electrons. The lowest BCUT2D eigenvalue weighted by Gasteiger charge is -2.16. The van der Waals surface area contributed by atoms with Crippen LogP contribution in [0.5, 0.6) is 5.75 Å². The van der Waals surface area contributed by atoms with Crippen LogP contribution in [0.3, 0.4) is 0 Å². The summed E-state index contributed by atoms with van der Waals surface area (Å²) < 4.78 is 5.71. The first-order valence-corrected chi connectivity index (χ1v) is 6.73. The van der Waals surface area contributed by atoms with Crippen molar-refractivity contribution in [2.24, 2.45) is 0 Å². The van der Waals surface area contributed by atoms with Gasteiger partial charge in [-0.05, 0) is 33.9 Å². The van der Waals surface area contributed by atoms with Crippen LogP contribution in [0.2, 0.25) is 0 Å². The highest BCUT2D eigenvalue weighted by Gasteiger charge is 2.10. The van der Waals surface area contributed by atoms with Crippen LogP contribution >= 0.6 is 0 Å². The number of hydrogen-bond acceptors (Lipinski definition) is 3. The third kappa shape index (κ3) is 5.30. The van der Waals surface area contributed by atoms with E-state index in [4.69, 9.17) is 4.74 Å². The van der Waals surface area contributed by atoms with E-state index < -0.39 is 0 Å². The van der Waals surface area contributed by atoms with E-state index in [2.05, 4.69) is 17.6 Å². The Morgan fingerprint density at radius 2 is 1.95 bits per heavy atom. The maximum atomic E-state index is 11.5. The van der Waals surface area contributed by atoms with Crippen LogP contribution in [0.25, 0.3) is 0 Å². The summed E-state index contributed by atoms with van der Waals surface area (Å²) in [7, 11) is 1.91. The lowest BCUT2D eigenvalue weighted by atomic mass is 10.1. The number of carbonyl (C=O) groups excluding carboxylic acids is 1. The van der Waals surface area contributed by atoms with E-state index in [0.717, 1.165) is 11.3 Å². The highest BCUT2D eigenvalue weighted by atomic mass is 16.5. The van der Waals surface area contributed by atoms with Gasteiger partial charge in [-0.25, -0.2) is 0 Å². The fourth-order valence-electron chi connectivity index (χ4n) is 1.77. The highest BCUT2D eigenvalue weighted by Crippen LogP contribution is 2.24. The van der Waals surface area contributed by atoms with Crippen molar-refractivity contribution < 1.29 is 9.53 Å². The number of carbonyl (C=O) groups is 1. The van der Waals surface area contributed by atoms with E-state index in [0.29, 0.717) is 13.0 Å². The van der Waals surface area contributed by atoms with Crippen LogP contribution in [-0.4, -0.2) is 25.6 Å². The SMILES string of the molecule is CNC(C)c1ccccc1OCCC(=O)NC(C)C. The standard InChI is InChI=1S/C15H24N2O2/c1-11(2)17-15(18)9-10-19-14-8-6-5-7-13(14)12(3)16-4/h5-8,11-12,16H,9-10H2,1-4H3,(H,17,18). The number of hydrogen-bond donors (Lipinski definition) is 2. The molecule has 0 aliphatic rings. The number of benzene rings is 1. The second-order valence-corrected chi connectivity index (χ2v) is 4.87. The Morgan fingerprint density at radius 3 is 2.58 bits per heavy atom. The van der Waals surface area contributed by atoms with E-state index >= 15 is 0 Å². The van der Waals surface area contributed by atoms with E-state index in [9.17, 15) is 4.79 Å². The molecular weight excluding hydrogens is 240 g/mol. The molecule has 1 rings (SSSR count). The molecule has 4 nitrogen and oxygen atoms in total. The summed E-state index contributed by atoms with van der Waals surface area (Å²) in [5, 5.41) is 6.03. The van der Waals surface area contributed by atoms with Gasteiger partial charge in [0.15, 0.2) is 0 Å². The van der Waals surface area contributed by atoms with Gasteiger partial charge in [-0.15, -0.1) is 0 Å². The summed E-state index contributed by atoms with van der Waals surface area (Å²) in [5.41, 5.74) is 1.11. The zero-order valence-electron chi connectivity index (χ0n) is 12.2. The molecule has 1 amide bonds. The predicted molar refractivity (Wildman–Crippen MR) is 77.3 cm³/mol. The van der Waals surface area contributed by atoms with Gasteiger partial charge in [-0.1, -0.05) is 18.2 Å². The molecular formula is C15H24N2O2. The van der Waals surface area contributed by atoms with Crippen molar-refractivity contribution in [3.8, 4) is 5.75 Å². The largest absolute Gasteiger partial charge is 0.493 e. The molecule has 4 heteroatoms. The van der Waals surface area contributed by atoms with Gasteiger partial charge in [-0.2, -0.15) is 0 Å². The van der Waals surface area contributed by atoms with E-state index in [-0.39, 0.29) is 18.0 Å². The second-order valence-electron chi connectivity index (χ2n) is 4.87. The van der Waals surface area contributed by atoms with Crippen molar-refractivity contribution in [3.05, 3.63) is 29.8 Å². The van der Waals surface area contributed by atoms with Crippen molar-refractivity contribution in [1.82, 2.24) is 10.6 Å². The molecule has 1 aromatic carbocycles.